The minimum atomic E-state index is -0.103. The molecule has 2 aliphatic rings. The third-order valence-electron chi connectivity index (χ3n) is 5.37. The van der Waals surface area contributed by atoms with Crippen LogP contribution in [0.2, 0.25) is 0 Å². The second kappa shape index (κ2) is 6.86. The summed E-state index contributed by atoms with van der Waals surface area (Å²) in [5.41, 5.74) is 1.18. The molecule has 0 bridgehead atoms. The first kappa shape index (κ1) is 16.1. The topological polar surface area (TPSA) is 71.8 Å². The van der Waals surface area contributed by atoms with Crippen molar-refractivity contribution in [3.05, 3.63) is 47.5 Å². The fraction of sp³-hybridized carbons (Fsp3) is 0.526. The van der Waals surface area contributed by atoms with Gasteiger partial charge in [0.1, 0.15) is 11.6 Å². The fourth-order valence-electron chi connectivity index (χ4n) is 3.79. The van der Waals surface area contributed by atoms with Crippen LogP contribution in [0.5, 0.6) is 0 Å². The molecule has 1 saturated carbocycles. The van der Waals surface area contributed by atoms with Crippen LogP contribution in [0.4, 0.5) is 4.79 Å². The first-order valence-electron chi connectivity index (χ1n) is 9.22. The maximum absolute atomic E-state index is 12.4. The van der Waals surface area contributed by atoms with Gasteiger partial charge in [0.15, 0.2) is 0 Å². The fourth-order valence-corrected chi connectivity index (χ4v) is 3.79. The molecule has 1 aliphatic carbocycles. The molecule has 6 nitrogen and oxygen atoms in total. The highest BCUT2D eigenvalue weighted by molar-refractivity contribution is 5.74. The van der Waals surface area contributed by atoms with Gasteiger partial charge in [0.25, 0.3) is 0 Å². The van der Waals surface area contributed by atoms with Crippen LogP contribution in [0.3, 0.4) is 0 Å². The maximum atomic E-state index is 12.4. The van der Waals surface area contributed by atoms with Crippen LogP contribution in [0.15, 0.2) is 30.3 Å². The van der Waals surface area contributed by atoms with Crippen molar-refractivity contribution >= 4 is 6.03 Å². The van der Waals surface area contributed by atoms with Crippen molar-refractivity contribution in [1.29, 1.82) is 0 Å². The molecular formula is C19H25N5O. The number of nitrogens with zero attached hydrogens (tertiary/aromatic N) is 3. The number of aromatic nitrogens is 3. The molecular weight excluding hydrogens is 314 g/mol. The molecule has 2 N–H and O–H groups in total. The van der Waals surface area contributed by atoms with Gasteiger partial charge in [0, 0.05) is 25.9 Å². The Morgan fingerprint density at radius 3 is 2.88 bits per heavy atom. The van der Waals surface area contributed by atoms with Crippen LogP contribution >= 0.6 is 0 Å². The predicted molar refractivity (Wildman–Crippen MR) is 95.0 cm³/mol. The Morgan fingerprint density at radius 1 is 1.32 bits per heavy atom. The van der Waals surface area contributed by atoms with Crippen molar-refractivity contribution in [3.63, 3.8) is 0 Å². The minimum absolute atomic E-state index is 0.0912. The van der Waals surface area contributed by atoms with E-state index < -0.39 is 0 Å². The zero-order valence-electron chi connectivity index (χ0n) is 14.6. The second-order valence-corrected chi connectivity index (χ2v) is 7.20. The summed E-state index contributed by atoms with van der Waals surface area (Å²) >= 11 is 0. The summed E-state index contributed by atoms with van der Waals surface area (Å²) in [4.78, 5) is 12.4. The van der Waals surface area contributed by atoms with E-state index >= 15 is 0 Å². The van der Waals surface area contributed by atoms with E-state index in [9.17, 15) is 4.79 Å². The summed E-state index contributed by atoms with van der Waals surface area (Å²) in [6.07, 6.45) is 4.05. The molecule has 4 rings (SSSR count). The number of amides is 2. The van der Waals surface area contributed by atoms with Gasteiger partial charge in [-0.3, -0.25) is 0 Å². The van der Waals surface area contributed by atoms with E-state index in [-0.39, 0.29) is 12.1 Å². The summed E-state index contributed by atoms with van der Waals surface area (Å²) in [5.74, 6) is 3.26. The molecule has 0 saturated heterocycles. The van der Waals surface area contributed by atoms with Gasteiger partial charge in [0.2, 0.25) is 0 Å². The van der Waals surface area contributed by atoms with E-state index in [1.165, 1.54) is 12.0 Å². The molecule has 2 heterocycles. The van der Waals surface area contributed by atoms with Crippen molar-refractivity contribution in [2.75, 3.05) is 6.54 Å². The summed E-state index contributed by atoms with van der Waals surface area (Å²) in [7, 11) is 0. The summed E-state index contributed by atoms with van der Waals surface area (Å²) < 4.78 is 2.18. The third-order valence-corrected chi connectivity index (χ3v) is 5.37. The Morgan fingerprint density at radius 2 is 2.12 bits per heavy atom. The van der Waals surface area contributed by atoms with E-state index in [0.29, 0.717) is 18.4 Å². The number of benzene rings is 1. The van der Waals surface area contributed by atoms with Crippen molar-refractivity contribution in [2.24, 2.45) is 11.8 Å². The van der Waals surface area contributed by atoms with Gasteiger partial charge in [-0.05, 0) is 30.2 Å². The number of nitrogens with one attached hydrogen (secondary N) is 2. The summed E-state index contributed by atoms with van der Waals surface area (Å²) in [6.45, 7) is 3.82. The molecule has 1 fully saturated rings. The van der Waals surface area contributed by atoms with Gasteiger partial charge in [-0.25, -0.2) is 4.79 Å². The maximum Gasteiger partial charge on any atom is 0.315 e. The third kappa shape index (κ3) is 3.52. The highest BCUT2D eigenvalue weighted by atomic mass is 16.2. The summed E-state index contributed by atoms with van der Waals surface area (Å²) in [5, 5.41) is 14.6. The Hall–Kier alpha value is -2.37. The van der Waals surface area contributed by atoms with E-state index in [1.54, 1.807) is 0 Å². The zero-order chi connectivity index (χ0) is 17.2. The molecule has 2 aromatic rings. The molecule has 0 unspecified atom stereocenters. The first-order valence-corrected chi connectivity index (χ1v) is 9.22. The van der Waals surface area contributed by atoms with Crippen LogP contribution in [-0.4, -0.2) is 27.3 Å². The molecule has 6 heteroatoms. The van der Waals surface area contributed by atoms with Crippen molar-refractivity contribution in [2.45, 2.75) is 45.2 Å². The molecule has 1 aliphatic heterocycles. The molecule has 25 heavy (non-hydrogen) atoms. The average Bonchev–Trinajstić information content (AvgIpc) is 3.01. The van der Waals surface area contributed by atoms with Gasteiger partial charge in [-0.2, -0.15) is 0 Å². The second-order valence-electron chi connectivity index (χ2n) is 7.20. The normalized spacial score (nSPS) is 22.3. The number of urea groups is 1. The van der Waals surface area contributed by atoms with E-state index in [4.69, 9.17) is 0 Å². The molecule has 0 radical (unpaired) electrons. The molecule has 132 valence electrons. The Bertz CT molecular complexity index is 742. The van der Waals surface area contributed by atoms with Crippen molar-refractivity contribution < 1.29 is 4.79 Å². The number of fused-ring (bicyclic) bond motifs is 1. The molecule has 3 atom stereocenters. The lowest BCUT2D eigenvalue weighted by molar-refractivity contribution is 0.235. The van der Waals surface area contributed by atoms with Crippen LogP contribution in [0.1, 0.15) is 43.0 Å². The predicted octanol–water partition coefficient (Wildman–Crippen LogP) is 2.46. The van der Waals surface area contributed by atoms with E-state index in [2.05, 4.69) is 44.5 Å². The monoisotopic (exact) mass is 339 g/mol. The summed E-state index contributed by atoms with van der Waals surface area (Å²) in [6, 6.07) is 10.2. The van der Waals surface area contributed by atoms with Crippen molar-refractivity contribution in [1.82, 2.24) is 25.4 Å². The molecule has 1 aromatic carbocycles. The number of hydrogen-bond donors (Lipinski definition) is 2. The molecule has 0 spiro atoms. The number of aryl methyl sites for hydroxylation is 1. The van der Waals surface area contributed by atoms with Gasteiger partial charge < -0.3 is 15.2 Å². The quantitative estimate of drug-likeness (QED) is 0.849. The minimum Gasteiger partial charge on any atom is -0.338 e. The molecule has 2 amide bonds. The van der Waals surface area contributed by atoms with E-state index in [0.717, 1.165) is 37.5 Å². The Labute approximate surface area is 148 Å². The lowest BCUT2D eigenvalue weighted by atomic mass is 10.0. The van der Waals surface area contributed by atoms with Crippen molar-refractivity contribution in [3.8, 4) is 0 Å². The number of carbonyl (C=O) groups is 1. The first-order chi connectivity index (χ1) is 12.2. The smallest absolute Gasteiger partial charge is 0.315 e. The molecule has 1 aromatic heterocycles. The van der Waals surface area contributed by atoms with Crippen LogP contribution in [-0.2, 0) is 19.4 Å². The SMILES string of the molecule is C[C@@H]1C[C@@H]1[C@H](NC(=O)NCCc1nnc2n1CCC2)c1ccccc1. The van der Waals surface area contributed by atoms with Crippen LogP contribution in [0.25, 0.3) is 0 Å². The number of hydrogen-bond acceptors (Lipinski definition) is 3. The zero-order valence-corrected chi connectivity index (χ0v) is 14.6. The lowest BCUT2D eigenvalue weighted by Gasteiger charge is -2.19. The highest BCUT2D eigenvalue weighted by Gasteiger charge is 2.40. The Kier molecular flexibility index (Phi) is 4.42. The van der Waals surface area contributed by atoms with Gasteiger partial charge in [-0.15, -0.1) is 10.2 Å². The number of rotatable bonds is 6. The van der Waals surface area contributed by atoms with Gasteiger partial charge in [0.05, 0.1) is 6.04 Å². The average molecular weight is 339 g/mol. The van der Waals surface area contributed by atoms with Gasteiger partial charge >= 0.3 is 6.03 Å². The standard InChI is InChI=1S/C19H25N5O/c1-13-12-15(13)18(14-6-3-2-4-7-14)21-19(25)20-10-9-17-23-22-16-8-5-11-24(16)17/h2-4,6-7,13,15,18H,5,8-12H2,1H3,(H2,20,21,25)/t13-,15+,18-/m1/s1. The highest BCUT2D eigenvalue weighted by Crippen LogP contribution is 2.46. The van der Waals surface area contributed by atoms with E-state index in [1.807, 2.05) is 18.2 Å². The van der Waals surface area contributed by atoms with Crippen LogP contribution < -0.4 is 10.6 Å². The van der Waals surface area contributed by atoms with Crippen LogP contribution in [0, 0.1) is 11.8 Å². The largest absolute Gasteiger partial charge is 0.338 e. The lowest BCUT2D eigenvalue weighted by Crippen LogP contribution is -2.40. The Balaban J connectivity index is 1.31. The van der Waals surface area contributed by atoms with Gasteiger partial charge in [-0.1, -0.05) is 37.3 Å². The number of carbonyl (C=O) groups excluding carboxylic acids is 1.